The van der Waals surface area contributed by atoms with Gasteiger partial charge in [-0.05, 0) is 109 Å². The van der Waals surface area contributed by atoms with Gasteiger partial charge in [-0.3, -0.25) is 0 Å². The van der Waals surface area contributed by atoms with Crippen LogP contribution in [0.4, 0.5) is 0 Å². The average Bonchev–Trinajstić information content (AvgIpc) is 3.76. The summed E-state index contributed by atoms with van der Waals surface area (Å²) in [5.74, 6) is 0. The number of hydrogen-bond donors (Lipinski definition) is 0. The molecule has 0 radical (unpaired) electrons. The smallest absolute Gasteiger partial charge is 0.0539 e. The molecule has 0 bridgehead atoms. The largest absolute Gasteiger partial charge is 0.313 e. The summed E-state index contributed by atoms with van der Waals surface area (Å²) in [4.78, 5) is 0. The Morgan fingerprint density at radius 1 is 0.531 bits per heavy atom. The molecule has 0 saturated carbocycles. The van der Waals surface area contributed by atoms with Gasteiger partial charge >= 0.3 is 0 Å². The first-order chi connectivity index (χ1) is 24.0. The molecule has 0 saturated heterocycles. The van der Waals surface area contributed by atoms with Crippen molar-refractivity contribution in [1.82, 2.24) is 13.7 Å². The van der Waals surface area contributed by atoms with Gasteiger partial charge < -0.3 is 13.7 Å². The third-order valence-electron chi connectivity index (χ3n) is 11.0. The van der Waals surface area contributed by atoms with Crippen LogP contribution in [0.25, 0.3) is 72.8 Å². The number of aryl methyl sites for hydroxylation is 1. The van der Waals surface area contributed by atoms with Crippen molar-refractivity contribution in [2.45, 2.75) is 51.9 Å². The van der Waals surface area contributed by atoms with E-state index in [0.29, 0.717) is 0 Å². The van der Waals surface area contributed by atoms with Crippen LogP contribution in [0.5, 0.6) is 0 Å². The Morgan fingerprint density at radius 2 is 1.22 bits per heavy atom. The minimum absolute atomic E-state index is 0.0907. The second kappa shape index (κ2) is 10.5. The van der Waals surface area contributed by atoms with E-state index in [0.717, 1.165) is 25.7 Å². The van der Waals surface area contributed by atoms with Crippen LogP contribution in [0, 0.1) is 0 Å². The second-order valence-corrected chi connectivity index (χ2v) is 14.9. The number of fused-ring (bicyclic) bond motifs is 9. The molecule has 238 valence electrons. The molecule has 10 rings (SSSR count). The quantitative estimate of drug-likeness (QED) is 0.184. The number of benzene rings is 5. The fourth-order valence-electron chi connectivity index (χ4n) is 8.65. The summed E-state index contributed by atoms with van der Waals surface area (Å²) in [6, 6.07) is 43.0. The van der Waals surface area contributed by atoms with Crippen LogP contribution in [-0.4, -0.2) is 13.7 Å². The summed E-state index contributed by atoms with van der Waals surface area (Å²) in [6.45, 7) is 6.91. The molecular weight excluding hydrogens is 595 g/mol. The van der Waals surface area contributed by atoms with Gasteiger partial charge in [-0.2, -0.15) is 0 Å². The van der Waals surface area contributed by atoms with E-state index >= 15 is 0 Å². The van der Waals surface area contributed by atoms with Gasteiger partial charge in [-0.15, -0.1) is 0 Å². The lowest BCUT2D eigenvalue weighted by Crippen LogP contribution is -2.11. The monoisotopic (exact) mass is 633 g/mol. The number of nitrogens with zero attached hydrogens (tertiary/aromatic N) is 3. The van der Waals surface area contributed by atoms with Crippen LogP contribution in [0.15, 0.2) is 121 Å². The van der Waals surface area contributed by atoms with Crippen LogP contribution in [0.2, 0.25) is 0 Å². The highest BCUT2D eigenvalue weighted by molar-refractivity contribution is 6.11. The molecule has 3 heteroatoms. The van der Waals surface area contributed by atoms with Gasteiger partial charge in [0.25, 0.3) is 0 Å². The highest BCUT2D eigenvalue weighted by Crippen LogP contribution is 2.42. The van der Waals surface area contributed by atoms with Crippen LogP contribution in [0.1, 0.15) is 61.7 Å². The normalized spacial score (nSPS) is 14.6. The third-order valence-corrected chi connectivity index (χ3v) is 11.0. The van der Waals surface area contributed by atoms with Gasteiger partial charge in [0.05, 0.1) is 22.1 Å². The predicted molar refractivity (Wildman–Crippen MR) is 208 cm³/mol. The van der Waals surface area contributed by atoms with E-state index < -0.39 is 0 Å². The van der Waals surface area contributed by atoms with E-state index in [-0.39, 0.29) is 5.41 Å². The Bertz CT molecular complexity index is 2680. The summed E-state index contributed by atoms with van der Waals surface area (Å²) in [5.41, 5.74) is 15.9. The molecule has 5 aromatic carbocycles. The van der Waals surface area contributed by atoms with Gasteiger partial charge in [0, 0.05) is 55.6 Å². The highest BCUT2D eigenvalue weighted by atomic mass is 15.0. The van der Waals surface area contributed by atoms with Gasteiger partial charge in [-0.1, -0.05) is 87.5 Å². The number of aromatic nitrogens is 3. The Morgan fingerprint density at radius 3 is 2.04 bits per heavy atom. The molecule has 0 unspecified atom stereocenters. The molecule has 49 heavy (non-hydrogen) atoms. The summed E-state index contributed by atoms with van der Waals surface area (Å²) in [6.07, 6.45) is 11.3. The molecule has 0 aliphatic heterocycles. The first-order valence-electron chi connectivity index (χ1n) is 17.7. The van der Waals surface area contributed by atoms with E-state index in [9.17, 15) is 0 Å². The summed E-state index contributed by atoms with van der Waals surface area (Å²) < 4.78 is 7.53. The average molecular weight is 634 g/mol. The van der Waals surface area contributed by atoms with Crippen molar-refractivity contribution >= 4 is 61.5 Å². The first-order valence-corrected chi connectivity index (χ1v) is 17.7. The molecule has 3 nitrogen and oxygen atoms in total. The zero-order valence-corrected chi connectivity index (χ0v) is 28.4. The Balaban J connectivity index is 1.24. The van der Waals surface area contributed by atoms with Gasteiger partial charge in [0.1, 0.15) is 0 Å². The zero-order valence-electron chi connectivity index (χ0n) is 28.4. The van der Waals surface area contributed by atoms with Crippen LogP contribution in [-0.2, 0) is 18.3 Å². The minimum atomic E-state index is 0.0907. The van der Waals surface area contributed by atoms with E-state index in [2.05, 4.69) is 168 Å². The zero-order chi connectivity index (χ0) is 32.9. The Labute approximate surface area is 287 Å². The molecule has 0 fully saturated rings. The van der Waals surface area contributed by atoms with E-state index in [4.69, 9.17) is 0 Å². The molecule has 2 aliphatic carbocycles. The molecule has 3 heterocycles. The van der Waals surface area contributed by atoms with Crippen molar-refractivity contribution in [3.05, 3.63) is 149 Å². The van der Waals surface area contributed by atoms with Gasteiger partial charge in [0.15, 0.2) is 0 Å². The fraction of sp³-hybridized carbons (Fsp3) is 0.174. The van der Waals surface area contributed by atoms with Crippen molar-refractivity contribution in [3.8, 4) is 11.4 Å². The van der Waals surface area contributed by atoms with Crippen LogP contribution < -0.4 is 0 Å². The standard InChI is InChI=1S/C46H39N3/c1-46(2,3)30-21-24-43-37(27-30)36-17-9-12-20-42(36)49(43)33-23-26-45-39(29-33)38-28-32(22-25-44(38)47(45)31-13-5-4-6-14-31)48-40-18-10-7-15-34(40)35-16-8-11-19-41(35)48/h4-7,9-15,17-22,24-25,27-29H,8,16,23,26H2,1-3H3. The van der Waals surface area contributed by atoms with Crippen LogP contribution in [0.3, 0.4) is 0 Å². The molecule has 0 N–H and O–H groups in total. The summed E-state index contributed by atoms with van der Waals surface area (Å²) >= 11 is 0. The highest BCUT2D eigenvalue weighted by Gasteiger charge is 2.26. The summed E-state index contributed by atoms with van der Waals surface area (Å²) in [7, 11) is 0. The molecule has 0 amide bonds. The lowest BCUT2D eigenvalue weighted by Gasteiger charge is -2.21. The number of para-hydroxylation sites is 3. The van der Waals surface area contributed by atoms with Crippen molar-refractivity contribution < 1.29 is 0 Å². The minimum Gasteiger partial charge on any atom is -0.313 e. The van der Waals surface area contributed by atoms with Crippen LogP contribution >= 0.6 is 0 Å². The number of allylic oxidation sites excluding steroid dienone is 2. The molecule has 3 aromatic heterocycles. The van der Waals surface area contributed by atoms with Crippen molar-refractivity contribution in [1.29, 1.82) is 0 Å². The van der Waals surface area contributed by atoms with E-state index in [1.165, 1.54) is 88.8 Å². The van der Waals surface area contributed by atoms with Crippen molar-refractivity contribution in [2.24, 2.45) is 0 Å². The van der Waals surface area contributed by atoms with Crippen molar-refractivity contribution in [3.63, 3.8) is 0 Å². The Kier molecular flexibility index (Phi) is 6.09. The van der Waals surface area contributed by atoms with Gasteiger partial charge in [0.2, 0.25) is 0 Å². The molecule has 8 aromatic rings. The lowest BCUT2D eigenvalue weighted by molar-refractivity contribution is 0.591. The molecule has 0 spiro atoms. The lowest BCUT2D eigenvalue weighted by atomic mass is 9.86. The van der Waals surface area contributed by atoms with Crippen molar-refractivity contribution in [2.75, 3.05) is 0 Å². The maximum absolute atomic E-state index is 2.54. The maximum Gasteiger partial charge on any atom is 0.0539 e. The van der Waals surface area contributed by atoms with Gasteiger partial charge in [-0.25, -0.2) is 0 Å². The number of hydrogen-bond acceptors (Lipinski definition) is 0. The number of rotatable bonds is 3. The Hall–Kier alpha value is -5.54. The second-order valence-electron chi connectivity index (χ2n) is 14.9. The molecule has 0 atom stereocenters. The van der Waals surface area contributed by atoms with E-state index in [1.54, 1.807) is 0 Å². The third kappa shape index (κ3) is 4.21. The molecular formula is C46H39N3. The predicted octanol–water partition coefficient (Wildman–Crippen LogP) is 11.9. The molecule has 2 aliphatic rings. The summed E-state index contributed by atoms with van der Waals surface area (Å²) in [5, 5.41) is 5.33. The topological polar surface area (TPSA) is 14.8 Å². The fourth-order valence-corrected chi connectivity index (χ4v) is 8.65. The first kappa shape index (κ1) is 28.5. The maximum atomic E-state index is 2.54. The van der Waals surface area contributed by atoms with E-state index in [1.807, 2.05) is 0 Å². The SMILES string of the molecule is CC(C)(C)c1ccc2c(c1)c1ccccc1n2C1=Cc2c(n(-c3ccccc3)c3ccc(-n4c5c(c6ccccc64)CCC=C5)cc23)CC1.